The van der Waals surface area contributed by atoms with Crippen LogP contribution >= 0.6 is 0 Å². The lowest BCUT2D eigenvalue weighted by Gasteiger charge is -2.41. The van der Waals surface area contributed by atoms with Gasteiger partial charge in [0.25, 0.3) is 0 Å². The van der Waals surface area contributed by atoms with Gasteiger partial charge in [-0.25, -0.2) is 4.98 Å². The number of nitriles is 1. The first-order chi connectivity index (χ1) is 16.5. The van der Waals surface area contributed by atoms with Crippen LogP contribution in [0.15, 0.2) is 30.3 Å². The molecule has 6 heteroatoms. The van der Waals surface area contributed by atoms with Gasteiger partial charge in [0.05, 0.1) is 11.3 Å². The SMILES string of the molecule is C#CC(=O)Cc1cccc(-c2cc(C#N)c(N3CCN(C(=O)C4CC4)[C@H](C)C3)nc2C2CC2)c1. The molecule has 1 aromatic heterocycles. The number of pyridine rings is 1. The van der Waals surface area contributed by atoms with E-state index in [1.807, 2.05) is 35.2 Å². The molecule has 2 aromatic rings. The minimum Gasteiger partial charge on any atom is -0.352 e. The van der Waals surface area contributed by atoms with Crippen molar-refractivity contribution in [2.24, 2.45) is 5.92 Å². The highest BCUT2D eigenvalue weighted by atomic mass is 16.2. The van der Waals surface area contributed by atoms with Crippen LogP contribution in [-0.2, 0) is 16.0 Å². The van der Waals surface area contributed by atoms with Crippen molar-refractivity contribution in [2.45, 2.75) is 51.0 Å². The Morgan fingerprint density at radius 2 is 1.97 bits per heavy atom. The molecule has 5 rings (SSSR count). The Hall–Kier alpha value is -3.64. The third-order valence-corrected chi connectivity index (χ3v) is 7.02. The number of carbonyl (C=O) groups is 2. The molecule has 6 nitrogen and oxygen atoms in total. The van der Waals surface area contributed by atoms with Crippen LogP contribution in [0.3, 0.4) is 0 Å². The van der Waals surface area contributed by atoms with Gasteiger partial charge in [0.15, 0.2) is 0 Å². The monoisotopic (exact) mass is 452 g/mol. The average Bonchev–Trinajstić information content (AvgIpc) is 3.76. The minimum absolute atomic E-state index is 0.0876. The first-order valence-corrected chi connectivity index (χ1v) is 12.1. The molecular formula is C28H28N4O2. The summed E-state index contributed by atoms with van der Waals surface area (Å²) in [6, 6.07) is 12.2. The van der Waals surface area contributed by atoms with Crippen LogP contribution < -0.4 is 4.90 Å². The summed E-state index contributed by atoms with van der Waals surface area (Å²) in [5.41, 5.74) is 4.31. The lowest BCUT2D eigenvalue weighted by molar-refractivity contribution is -0.135. The van der Waals surface area contributed by atoms with E-state index >= 15 is 0 Å². The van der Waals surface area contributed by atoms with Gasteiger partial charge < -0.3 is 9.80 Å². The summed E-state index contributed by atoms with van der Waals surface area (Å²) >= 11 is 0. The van der Waals surface area contributed by atoms with Gasteiger partial charge in [-0.15, -0.1) is 6.42 Å². The molecule has 2 saturated carbocycles. The van der Waals surface area contributed by atoms with Gasteiger partial charge in [-0.05, 0) is 55.7 Å². The Bertz CT molecular complexity index is 1230. The number of aromatic nitrogens is 1. The van der Waals surface area contributed by atoms with Crippen LogP contribution in [-0.4, -0.2) is 47.3 Å². The highest BCUT2D eigenvalue weighted by Crippen LogP contribution is 2.45. The molecule has 2 heterocycles. The second-order valence-corrected chi connectivity index (χ2v) is 9.72. The Balaban J connectivity index is 1.46. The molecule has 0 unspecified atom stereocenters. The normalized spacial score (nSPS) is 19.9. The molecule has 0 N–H and O–H groups in total. The van der Waals surface area contributed by atoms with Crippen molar-refractivity contribution in [3.63, 3.8) is 0 Å². The Morgan fingerprint density at radius 3 is 2.62 bits per heavy atom. The predicted octanol–water partition coefficient (Wildman–Crippen LogP) is 3.69. The molecule has 172 valence electrons. The van der Waals surface area contributed by atoms with Crippen molar-refractivity contribution in [1.82, 2.24) is 9.88 Å². The van der Waals surface area contributed by atoms with E-state index in [9.17, 15) is 14.9 Å². The number of piperazine rings is 1. The second-order valence-electron chi connectivity index (χ2n) is 9.72. The van der Waals surface area contributed by atoms with E-state index in [1.54, 1.807) is 0 Å². The number of hydrogen-bond donors (Lipinski definition) is 0. The fraction of sp³-hybridized carbons (Fsp3) is 0.429. The van der Waals surface area contributed by atoms with Gasteiger partial charge in [-0.2, -0.15) is 5.26 Å². The standard InChI is InChI=1S/C28H28N4O2/c1-3-24(33)14-19-5-4-6-22(13-19)25-15-23(16-29)27(30-26(25)20-7-8-20)31-11-12-32(18(2)17-31)28(34)21-9-10-21/h1,4-6,13,15,18,20-21H,7-12,14,17H2,2H3/t18-/m1/s1. The van der Waals surface area contributed by atoms with Crippen molar-refractivity contribution in [3.05, 3.63) is 47.2 Å². The van der Waals surface area contributed by atoms with E-state index < -0.39 is 0 Å². The first-order valence-electron chi connectivity index (χ1n) is 12.1. The number of Topliss-reactive ketones (excluding diaryl/α,β-unsaturated/α-hetero) is 1. The van der Waals surface area contributed by atoms with Gasteiger partial charge in [0.1, 0.15) is 11.9 Å². The van der Waals surface area contributed by atoms with Crippen molar-refractivity contribution < 1.29 is 9.59 Å². The van der Waals surface area contributed by atoms with Crippen LogP contribution in [0.25, 0.3) is 11.1 Å². The van der Waals surface area contributed by atoms with E-state index in [4.69, 9.17) is 11.4 Å². The van der Waals surface area contributed by atoms with Gasteiger partial charge in [0.2, 0.25) is 11.7 Å². The van der Waals surface area contributed by atoms with E-state index in [2.05, 4.69) is 23.8 Å². The molecular weight excluding hydrogens is 424 g/mol. The Kier molecular flexibility index (Phi) is 5.84. The number of hydrogen-bond acceptors (Lipinski definition) is 5. The average molecular weight is 453 g/mol. The minimum atomic E-state index is -0.251. The fourth-order valence-corrected chi connectivity index (χ4v) is 4.87. The molecule has 1 saturated heterocycles. The van der Waals surface area contributed by atoms with Crippen LogP contribution in [0.5, 0.6) is 0 Å². The summed E-state index contributed by atoms with van der Waals surface area (Å²) in [6.07, 6.45) is 9.63. The molecule has 1 atom stereocenters. The summed E-state index contributed by atoms with van der Waals surface area (Å²) in [6.45, 7) is 4.09. The maximum absolute atomic E-state index is 12.6. The van der Waals surface area contributed by atoms with Crippen LogP contribution in [0.2, 0.25) is 0 Å². The number of amides is 1. The van der Waals surface area contributed by atoms with Gasteiger partial charge in [0, 0.05) is 49.5 Å². The zero-order valence-corrected chi connectivity index (χ0v) is 19.5. The highest BCUT2D eigenvalue weighted by Gasteiger charge is 2.38. The molecule has 0 spiro atoms. The smallest absolute Gasteiger partial charge is 0.226 e. The Labute approximate surface area is 200 Å². The maximum Gasteiger partial charge on any atom is 0.226 e. The summed E-state index contributed by atoms with van der Waals surface area (Å²) in [5, 5.41) is 10.0. The van der Waals surface area contributed by atoms with Crippen molar-refractivity contribution >= 4 is 17.5 Å². The molecule has 1 amide bonds. The molecule has 1 aliphatic heterocycles. The van der Waals surface area contributed by atoms with Crippen molar-refractivity contribution in [3.8, 4) is 29.5 Å². The molecule has 3 aliphatic rings. The summed E-state index contributed by atoms with van der Waals surface area (Å²) < 4.78 is 0. The van der Waals surface area contributed by atoms with Gasteiger partial charge in [-0.1, -0.05) is 24.3 Å². The number of ketones is 1. The summed E-state index contributed by atoms with van der Waals surface area (Å²) in [4.78, 5) is 33.6. The van der Waals surface area contributed by atoms with Crippen molar-refractivity contribution in [2.75, 3.05) is 24.5 Å². The molecule has 34 heavy (non-hydrogen) atoms. The van der Waals surface area contributed by atoms with Crippen molar-refractivity contribution in [1.29, 1.82) is 5.26 Å². The largest absolute Gasteiger partial charge is 0.352 e. The van der Waals surface area contributed by atoms with Crippen LogP contribution in [0, 0.1) is 29.6 Å². The number of rotatable bonds is 6. The molecule has 2 aliphatic carbocycles. The fourth-order valence-electron chi connectivity index (χ4n) is 4.87. The number of terminal acetylenes is 1. The molecule has 0 bridgehead atoms. The van der Waals surface area contributed by atoms with Crippen LogP contribution in [0.4, 0.5) is 5.82 Å². The zero-order valence-electron chi connectivity index (χ0n) is 19.5. The summed E-state index contributed by atoms with van der Waals surface area (Å²) in [7, 11) is 0. The third-order valence-electron chi connectivity index (χ3n) is 7.02. The molecule has 3 fully saturated rings. The Morgan fingerprint density at radius 1 is 1.18 bits per heavy atom. The third kappa shape index (κ3) is 4.41. The van der Waals surface area contributed by atoms with Crippen LogP contribution in [0.1, 0.15) is 55.3 Å². The number of nitrogens with zero attached hydrogens (tertiary/aromatic N) is 4. The lowest BCUT2D eigenvalue weighted by atomic mass is 9.96. The van der Waals surface area contributed by atoms with Gasteiger partial charge in [-0.3, -0.25) is 9.59 Å². The topological polar surface area (TPSA) is 77.3 Å². The number of carbonyl (C=O) groups excluding carboxylic acids is 2. The predicted molar refractivity (Wildman–Crippen MR) is 130 cm³/mol. The zero-order chi connectivity index (χ0) is 23.8. The van der Waals surface area contributed by atoms with E-state index in [-0.39, 0.29) is 30.1 Å². The quantitative estimate of drug-likeness (QED) is 0.494. The highest BCUT2D eigenvalue weighted by molar-refractivity contribution is 5.96. The summed E-state index contributed by atoms with van der Waals surface area (Å²) in [5.74, 6) is 3.52. The number of anilines is 1. The number of benzene rings is 1. The van der Waals surface area contributed by atoms with Gasteiger partial charge >= 0.3 is 0 Å². The molecule has 0 radical (unpaired) electrons. The van der Waals surface area contributed by atoms with E-state index in [1.165, 1.54) is 0 Å². The second kappa shape index (κ2) is 8.95. The maximum atomic E-state index is 12.6. The first kappa shape index (κ1) is 22.2. The molecule has 1 aromatic carbocycles. The lowest BCUT2D eigenvalue weighted by Crippen LogP contribution is -2.54. The van der Waals surface area contributed by atoms with E-state index in [0.717, 1.165) is 53.9 Å². The van der Waals surface area contributed by atoms with E-state index in [0.29, 0.717) is 31.1 Å².